The van der Waals surface area contributed by atoms with E-state index in [-0.39, 0.29) is 29.6 Å². The molecule has 1 aliphatic carbocycles. The first-order valence-corrected chi connectivity index (χ1v) is 11.8. The lowest BCUT2D eigenvalue weighted by Crippen LogP contribution is -2.47. The molecule has 0 unspecified atom stereocenters. The maximum absolute atomic E-state index is 15.1. The molecule has 0 radical (unpaired) electrons. The number of aliphatic hydroxyl groups is 1. The summed E-state index contributed by atoms with van der Waals surface area (Å²) in [5.74, 6) is 1.43. The minimum atomic E-state index is -4.85. The van der Waals surface area contributed by atoms with Crippen molar-refractivity contribution in [1.82, 2.24) is 15.0 Å². The largest absolute Gasteiger partial charge is 0.463 e. The third-order valence-electron chi connectivity index (χ3n) is 6.56. The normalized spacial score (nSPS) is 25.5. The van der Waals surface area contributed by atoms with Gasteiger partial charge in [-0.25, -0.2) is 19.3 Å². The monoisotopic (exact) mass is 532 g/mol. The molecule has 2 aliphatic rings. The second kappa shape index (κ2) is 8.74. The Balaban J connectivity index is 1.49. The molecule has 1 aliphatic heterocycles. The number of pyridine rings is 1. The minimum absolute atomic E-state index is 0.0271. The highest BCUT2D eigenvalue weighted by molar-refractivity contribution is 8.15. The van der Waals surface area contributed by atoms with Gasteiger partial charge in [-0.05, 0) is 37.6 Å². The van der Waals surface area contributed by atoms with Crippen molar-refractivity contribution >= 4 is 39.5 Å². The zero-order valence-electron chi connectivity index (χ0n) is 19.3. The molecule has 0 saturated heterocycles. The fourth-order valence-corrected chi connectivity index (χ4v) is 6.28. The molecule has 1 fully saturated rings. The molecule has 0 spiro atoms. The highest BCUT2D eigenvalue weighted by Crippen LogP contribution is 2.68. The fourth-order valence-electron chi connectivity index (χ4n) is 4.79. The van der Waals surface area contributed by atoms with E-state index in [1.54, 1.807) is 6.07 Å². The number of aromatic nitrogens is 3. The highest BCUT2D eigenvalue weighted by atomic mass is 32.2. The summed E-state index contributed by atoms with van der Waals surface area (Å²) in [6, 6.07) is 5.71. The van der Waals surface area contributed by atoms with Crippen molar-refractivity contribution in [2.45, 2.75) is 35.9 Å². The number of nitrogens with two attached hydrogens (primary N) is 1. The number of anilines is 2. The summed E-state index contributed by atoms with van der Waals surface area (Å²) in [6.07, 6.45) is 0.578. The summed E-state index contributed by atoms with van der Waals surface area (Å²) in [5.41, 5.74) is 5.76. The Morgan fingerprint density at radius 1 is 1.35 bits per heavy atom. The summed E-state index contributed by atoms with van der Waals surface area (Å²) in [7, 11) is 0. The molecule has 1 saturated carbocycles. The lowest BCUT2D eigenvalue weighted by Gasteiger charge is -2.36. The lowest BCUT2D eigenvalue weighted by molar-refractivity contribution is -0.207. The van der Waals surface area contributed by atoms with Crippen LogP contribution in [0.2, 0.25) is 0 Å². The van der Waals surface area contributed by atoms with Crippen LogP contribution in [0.4, 0.5) is 29.1 Å². The number of hydrogen-bond acceptors (Lipinski definition) is 9. The molecule has 1 aromatic carbocycles. The number of alkyl halides is 3. The molecule has 2 aromatic heterocycles. The molecule has 3 aromatic rings. The van der Waals surface area contributed by atoms with Gasteiger partial charge in [0.15, 0.2) is 23.7 Å². The van der Waals surface area contributed by atoms with Crippen LogP contribution in [0.5, 0.6) is 5.88 Å². The molecule has 0 bridgehead atoms. The van der Waals surface area contributed by atoms with Gasteiger partial charge in [-0.3, -0.25) is 4.99 Å². The lowest BCUT2D eigenvalue weighted by atomic mass is 9.84. The standard InChI is InChI=1S/C24H20F4N6O2S/c1-3-8-36-17-11-31-18-15(33-17)6-7-30-19(18)32-12-4-5-14(25)13(9-12)22(2)16-10-23(16,37-21(29)34-22)20(35)24(26,27)28/h1,4-7,9,11,16,20,35H,8,10H2,2H3,(H2,29,34)(H,30,32)/t16-,20+,22+,23-/m0/s1. The molecular formula is C24H20F4N6O2S. The topological polar surface area (TPSA) is 119 Å². The Morgan fingerprint density at radius 2 is 2.14 bits per heavy atom. The van der Waals surface area contributed by atoms with Gasteiger partial charge in [-0.1, -0.05) is 17.7 Å². The van der Waals surface area contributed by atoms with E-state index in [0.29, 0.717) is 34.3 Å². The van der Waals surface area contributed by atoms with Gasteiger partial charge >= 0.3 is 6.18 Å². The quantitative estimate of drug-likeness (QED) is 0.323. The van der Waals surface area contributed by atoms with Gasteiger partial charge in [0.05, 0.1) is 22.0 Å². The number of ether oxygens (including phenoxy) is 1. The van der Waals surface area contributed by atoms with Gasteiger partial charge in [0.1, 0.15) is 11.3 Å². The first kappa shape index (κ1) is 25.0. The van der Waals surface area contributed by atoms with Crippen molar-refractivity contribution in [2.24, 2.45) is 16.6 Å². The van der Waals surface area contributed by atoms with Crippen LogP contribution in [0.25, 0.3) is 11.0 Å². The van der Waals surface area contributed by atoms with Crippen LogP contribution in [0.3, 0.4) is 0 Å². The van der Waals surface area contributed by atoms with Gasteiger partial charge in [-0.2, -0.15) is 13.2 Å². The maximum Gasteiger partial charge on any atom is 0.415 e. The number of thioether (sulfide) groups is 1. The predicted molar refractivity (Wildman–Crippen MR) is 131 cm³/mol. The van der Waals surface area contributed by atoms with Gasteiger partial charge in [0.25, 0.3) is 0 Å². The van der Waals surface area contributed by atoms with E-state index in [0.717, 1.165) is 0 Å². The Labute approximate surface area is 212 Å². The summed E-state index contributed by atoms with van der Waals surface area (Å²) in [4.78, 5) is 17.3. The number of aliphatic hydroxyl groups excluding tert-OH is 1. The first-order valence-electron chi connectivity index (χ1n) is 11.0. The number of fused-ring (bicyclic) bond motifs is 2. The average Bonchev–Trinajstić information content (AvgIpc) is 3.59. The zero-order chi connectivity index (χ0) is 26.6. The fraction of sp³-hybridized carbons (Fsp3) is 0.333. The second-order valence-electron chi connectivity index (χ2n) is 8.90. The van der Waals surface area contributed by atoms with Crippen LogP contribution >= 0.6 is 11.8 Å². The Bertz CT molecular complexity index is 1460. The number of hydrogen-bond donors (Lipinski definition) is 3. The number of terminal acetylenes is 1. The SMILES string of the molecule is C#CCOc1cnc2c(Nc3ccc(F)c([C@@]4(C)N=C(N)S[C@@]5([C@@H](O)C(F)(F)F)C[C@H]54)c3)nccc2n1. The van der Waals surface area contributed by atoms with Crippen molar-refractivity contribution < 1.29 is 27.4 Å². The number of rotatable bonds is 6. The summed E-state index contributed by atoms with van der Waals surface area (Å²) < 4.78 is 59.1. The molecule has 37 heavy (non-hydrogen) atoms. The Morgan fingerprint density at radius 3 is 2.86 bits per heavy atom. The molecule has 4 N–H and O–H groups in total. The van der Waals surface area contributed by atoms with E-state index in [1.807, 2.05) is 0 Å². The van der Waals surface area contributed by atoms with Crippen LogP contribution in [-0.2, 0) is 5.54 Å². The van der Waals surface area contributed by atoms with E-state index in [2.05, 4.69) is 31.2 Å². The molecule has 13 heteroatoms. The number of benzene rings is 1. The summed E-state index contributed by atoms with van der Waals surface area (Å²) in [6.45, 7) is 1.55. The molecule has 192 valence electrons. The predicted octanol–water partition coefficient (Wildman–Crippen LogP) is 3.88. The number of nitrogens with zero attached hydrogens (tertiary/aromatic N) is 4. The zero-order valence-corrected chi connectivity index (χ0v) is 20.1. The van der Waals surface area contributed by atoms with E-state index in [4.69, 9.17) is 16.9 Å². The third-order valence-corrected chi connectivity index (χ3v) is 7.91. The van der Waals surface area contributed by atoms with Crippen molar-refractivity contribution in [3.05, 3.63) is 48.0 Å². The van der Waals surface area contributed by atoms with E-state index in [1.165, 1.54) is 37.5 Å². The van der Waals surface area contributed by atoms with Gasteiger partial charge in [-0.15, -0.1) is 6.42 Å². The average molecular weight is 533 g/mol. The Hall–Kier alpha value is -3.63. The highest BCUT2D eigenvalue weighted by Gasteiger charge is 2.74. The van der Waals surface area contributed by atoms with Crippen LogP contribution in [0.1, 0.15) is 18.9 Å². The molecule has 3 heterocycles. The first-order chi connectivity index (χ1) is 17.5. The maximum atomic E-state index is 15.1. The molecular weight excluding hydrogens is 512 g/mol. The van der Waals surface area contributed by atoms with Gasteiger partial charge in [0.2, 0.25) is 5.88 Å². The molecule has 5 rings (SSSR count). The van der Waals surface area contributed by atoms with E-state index in [9.17, 15) is 18.3 Å². The van der Waals surface area contributed by atoms with Crippen LogP contribution in [0, 0.1) is 24.1 Å². The second-order valence-corrected chi connectivity index (χ2v) is 10.3. The minimum Gasteiger partial charge on any atom is -0.463 e. The van der Waals surface area contributed by atoms with E-state index < -0.39 is 34.3 Å². The van der Waals surface area contributed by atoms with Crippen molar-refractivity contribution in [2.75, 3.05) is 11.9 Å². The van der Waals surface area contributed by atoms with Crippen LogP contribution < -0.4 is 15.8 Å². The summed E-state index contributed by atoms with van der Waals surface area (Å²) >= 11 is 0.688. The molecule has 4 atom stereocenters. The smallest absolute Gasteiger partial charge is 0.415 e. The third kappa shape index (κ3) is 4.30. The molecule has 8 nitrogen and oxygen atoms in total. The van der Waals surface area contributed by atoms with E-state index >= 15 is 4.39 Å². The van der Waals surface area contributed by atoms with Crippen molar-refractivity contribution in [3.8, 4) is 18.2 Å². The number of nitrogens with one attached hydrogen (secondary N) is 1. The molecule has 0 amide bonds. The Kier molecular flexibility index (Phi) is 5.91. The van der Waals surface area contributed by atoms with Crippen LogP contribution in [0.15, 0.2) is 41.7 Å². The van der Waals surface area contributed by atoms with Crippen molar-refractivity contribution in [3.63, 3.8) is 0 Å². The number of aliphatic imine (C=N–C) groups is 1. The van der Waals surface area contributed by atoms with Crippen LogP contribution in [-0.4, -0.2) is 48.9 Å². The van der Waals surface area contributed by atoms with Gasteiger partial charge in [0, 0.05) is 23.4 Å². The van der Waals surface area contributed by atoms with Gasteiger partial charge < -0.3 is 20.9 Å². The van der Waals surface area contributed by atoms with Crippen molar-refractivity contribution in [1.29, 1.82) is 0 Å². The number of amidine groups is 1. The number of halogens is 4. The summed E-state index contributed by atoms with van der Waals surface area (Å²) in [5, 5.41) is 13.0.